The van der Waals surface area contributed by atoms with E-state index in [0.29, 0.717) is 14.1 Å². The molecule has 0 N–H and O–H groups in total. The third kappa shape index (κ3) is 4.93. The lowest BCUT2D eigenvalue weighted by Gasteiger charge is -2.17. The smallest absolute Gasteiger partial charge is 0.154 e. The van der Waals surface area contributed by atoms with Gasteiger partial charge in [-0.1, -0.05) is 34.6 Å². The van der Waals surface area contributed by atoms with Gasteiger partial charge in [-0.3, -0.25) is 4.79 Å². The van der Waals surface area contributed by atoms with E-state index in [9.17, 15) is 4.79 Å². The first kappa shape index (κ1) is 10.1. The molecular weight excluding hydrogens is 143 g/mol. The van der Waals surface area contributed by atoms with Crippen molar-refractivity contribution in [2.45, 2.75) is 39.8 Å². The molecule has 0 aliphatic carbocycles. The Morgan fingerprint density at radius 2 is 1.70 bits per heavy atom. The van der Waals surface area contributed by atoms with Crippen LogP contribution in [0.2, 0.25) is 0 Å². The van der Waals surface area contributed by atoms with Crippen LogP contribution < -0.4 is 0 Å². The van der Waals surface area contributed by atoms with Crippen LogP contribution in [0.1, 0.15) is 34.6 Å². The molecule has 0 aromatic rings. The maximum absolute atomic E-state index is 11.2. The van der Waals surface area contributed by atoms with Gasteiger partial charge in [-0.05, 0) is 13.7 Å². The molecule has 0 fully saturated rings. The predicted molar refractivity (Wildman–Crippen MR) is 47.9 cm³/mol. The average molecular weight is 160 g/mol. The average Bonchev–Trinajstić information content (AvgIpc) is 1.60. The second kappa shape index (κ2) is 3.48. The second-order valence-electron chi connectivity index (χ2n) is 3.89. The Bertz CT molecular complexity index is 122. The first-order chi connectivity index (χ1) is 4.33. The fraction of sp³-hybridized carbons (Fsp3) is 0.875. The summed E-state index contributed by atoms with van der Waals surface area (Å²) in [7, 11) is 0.457. The van der Waals surface area contributed by atoms with Gasteiger partial charge < -0.3 is 0 Å². The summed E-state index contributed by atoms with van der Waals surface area (Å²) in [6.07, 6.45) is 0. The van der Waals surface area contributed by atoms with Crippen molar-refractivity contribution in [3.8, 4) is 0 Å². The summed E-state index contributed by atoms with van der Waals surface area (Å²) in [4.78, 5) is 11.2. The van der Waals surface area contributed by atoms with Gasteiger partial charge in [-0.2, -0.15) is 0 Å². The minimum absolute atomic E-state index is 0.182. The van der Waals surface area contributed by atoms with E-state index >= 15 is 0 Å². The molecule has 10 heavy (non-hydrogen) atoms. The number of hydrogen-bond acceptors (Lipinski definition) is 1. The van der Waals surface area contributed by atoms with Gasteiger partial charge >= 0.3 is 0 Å². The van der Waals surface area contributed by atoms with Crippen molar-refractivity contribution >= 4 is 14.1 Å². The van der Waals surface area contributed by atoms with Crippen molar-refractivity contribution in [2.75, 3.05) is 0 Å². The number of carbonyl (C=O) groups excluding carboxylic acids is 1. The molecule has 0 aliphatic heterocycles. The summed E-state index contributed by atoms with van der Waals surface area (Å²) < 4.78 is 0. The first-order valence-electron chi connectivity index (χ1n) is 3.65. The fourth-order valence-corrected chi connectivity index (χ4v) is 1.54. The highest BCUT2D eigenvalue weighted by atomic mass is 31.1. The third-order valence-corrected chi connectivity index (χ3v) is 2.60. The lowest BCUT2D eigenvalue weighted by molar-refractivity contribution is -0.113. The van der Waals surface area contributed by atoms with Crippen LogP contribution in [0.15, 0.2) is 0 Å². The molecular formula is C8H17OP. The largest absolute Gasteiger partial charge is 0.295 e. The zero-order chi connectivity index (χ0) is 8.36. The van der Waals surface area contributed by atoms with Crippen molar-refractivity contribution in [2.24, 2.45) is 5.92 Å². The van der Waals surface area contributed by atoms with E-state index in [4.69, 9.17) is 0 Å². The number of rotatable bonds is 2. The summed E-state index contributed by atoms with van der Waals surface area (Å²) in [6.45, 7) is 10.2. The molecule has 0 aromatic carbocycles. The highest BCUT2D eigenvalue weighted by Gasteiger charge is 2.17. The molecule has 0 heterocycles. The van der Waals surface area contributed by atoms with Gasteiger partial charge in [0, 0.05) is 5.92 Å². The van der Waals surface area contributed by atoms with Gasteiger partial charge in [-0.15, -0.1) is 0 Å². The van der Waals surface area contributed by atoms with Crippen LogP contribution in [0.3, 0.4) is 0 Å². The van der Waals surface area contributed by atoms with Crippen molar-refractivity contribution in [1.29, 1.82) is 0 Å². The Morgan fingerprint density at radius 1 is 1.30 bits per heavy atom. The van der Waals surface area contributed by atoms with Crippen LogP contribution in [0.5, 0.6) is 0 Å². The summed E-state index contributed by atoms with van der Waals surface area (Å²) in [5.41, 5.74) is 0.396. The fourth-order valence-electron chi connectivity index (χ4n) is 0.514. The topological polar surface area (TPSA) is 17.1 Å². The van der Waals surface area contributed by atoms with Gasteiger partial charge in [0.05, 0.1) is 0 Å². The van der Waals surface area contributed by atoms with Gasteiger partial charge in [0.2, 0.25) is 0 Å². The summed E-state index contributed by atoms with van der Waals surface area (Å²) in [6, 6.07) is 0. The number of hydrogen-bond donors (Lipinski definition) is 0. The highest BCUT2D eigenvalue weighted by molar-refractivity contribution is 7.59. The molecule has 0 radical (unpaired) electrons. The van der Waals surface area contributed by atoms with Crippen LogP contribution in [-0.4, -0.2) is 10.7 Å². The van der Waals surface area contributed by atoms with Gasteiger partial charge in [0.15, 0.2) is 5.52 Å². The SMILES string of the molecule is CC(C)C(=O)PC(C)(C)C. The minimum atomic E-state index is 0.182. The van der Waals surface area contributed by atoms with Gasteiger partial charge in [-0.25, -0.2) is 0 Å². The van der Waals surface area contributed by atoms with E-state index < -0.39 is 0 Å². The van der Waals surface area contributed by atoms with Gasteiger partial charge in [0.1, 0.15) is 0 Å². The molecule has 0 rings (SSSR count). The molecule has 0 aliphatic rings. The van der Waals surface area contributed by atoms with Crippen LogP contribution >= 0.6 is 8.58 Å². The van der Waals surface area contributed by atoms with Gasteiger partial charge in [0.25, 0.3) is 0 Å². The molecule has 60 valence electrons. The Hall–Kier alpha value is 0.100. The molecule has 1 unspecified atom stereocenters. The van der Waals surface area contributed by atoms with E-state index in [1.807, 2.05) is 13.8 Å². The quantitative estimate of drug-likeness (QED) is 0.567. The highest BCUT2D eigenvalue weighted by Crippen LogP contribution is 2.33. The Kier molecular flexibility index (Phi) is 3.51. The van der Waals surface area contributed by atoms with Crippen molar-refractivity contribution in [1.82, 2.24) is 0 Å². The maximum Gasteiger partial charge on any atom is 0.154 e. The van der Waals surface area contributed by atoms with E-state index in [-0.39, 0.29) is 11.1 Å². The Morgan fingerprint density at radius 3 is 1.80 bits per heavy atom. The summed E-state index contributed by atoms with van der Waals surface area (Å²) >= 11 is 0. The number of carbonyl (C=O) groups is 1. The van der Waals surface area contributed by atoms with Crippen molar-refractivity contribution in [3.63, 3.8) is 0 Å². The molecule has 0 amide bonds. The molecule has 0 saturated carbocycles. The normalized spacial score (nSPS) is 13.4. The molecule has 1 nitrogen and oxygen atoms in total. The van der Waals surface area contributed by atoms with Crippen LogP contribution in [0.4, 0.5) is 0 Å². The maximum atomic E-state index is 11.2. The second-order valence-corrected chi connectivity index (χ2v) is 6.14. The molecule has 1 atom stereocenters. The van der Waals surface area contributed by atoms with Crippen LogP contribution in [-0.2, 0) is 4.79 Å². The molecule has 0 aromatic heterocycles. The molecule has 0 bridgehead atoms. The first-order valence-corrected chi connectivity index (χ1v) is 4.65. The third-order valence-electron chi connectivity index (χ3n) is 1.02. The molecule has 0 spiro atoms. The van der Waals surface area contributed by atoms with E-state index in [0.717, 1.165) is 0 Å². The summed E-state index contributed by atoms with van der Waals surface area (Å²) in [5, 5.41) is 0.182. The minimum Gasteiger partial charge on any atom is -0.295 e. The Labute approximate surface area is 65.4 Å². The Balaban J connectivity index is 3.81. The lowest BCUT2D eigenvalue weighted by Crippen LogP contribution is -2.12. The monoisotopic (exact) mass is 160 g/mol. The molecule has 2 heteroatoms. The zero-order valence-corrected chi connectivity index (χ0v) is 8.49. The standard InChI is InChI=1S/C8H17OP/c1-6(2)7(9)10-8(3,4)5/h6,10H,1-5H3. The van der Waals surface area contributed by atoms with Crippen LogP contribution in [0.25, 0.3) is 0 Å². The predicted octanol–water partition coefficient (Wildman–Crippen LogP) is 2.65. The van der Waals surface area contributed by atoms with E-state index in [1.54, 1.807) is 0 Å². The molecule has 0 saturated heterocycles. The van der Waals surface area contributed by atoms with Crippen molar-refractivity contribution in [3.05, 3.63) is 0 Å². The van der Waals surface area contributed by atoms with Crippen LogP contribution in [0, 0.1) is 5.92 Å². The van der Waals surface area contributed by atoms with Crippen molar-refractivity contribution < 1.29 is 4.79 Å². The van der Waals surface area contributed by atoms with E-state index in [1.165, 1.54) is 0 Å². The summed E-state index contributed by atoms with van der Waals surface area (Å²) in [5.74, 6) is 0.206. The lowest BCUT2D eigenvalue weighted by atomic mass is 10.2. The zero-order valence-electron chi connectivity index (χ0n) is 7.49. The van der Waals surface area contributed by atoms with E-state index in [2.05, 4.69) is 20.8 Å².